The highest BCUT2D eigenvalue weighted by Gasteiger charge is 2.29. The van der Waals surface area contributed by atoms with Crippen molar-refractivity contribution in [1.82, 2.24) is 4.72 Å². The van der Waals surface area contributed by atoms with Gasteiger partial charge < -0.3 is 5.73 Å². The molecule has 1 aromatic rings. The molecule has 0 fully saturated rings. The lowest BCUT2D eigenvalue weighted by Gasteiger charge is -2.09. The number of thioether (sulfide) groups is 1. The van der Waals surface area contributed by atoms with Crippen LogP contribution in [0.15, 0.2) is 29.2 Å². The second-order valence-electron chi connectivity index (χ2n) is 3.68. The molecular weight excluding hydrogens is 301 g/mol. The summed E-state index contributed by atoms with van der Waals surface area (Å²) in [4.78, 5) is 0.769. The fourth-order valence-electron chi connectivity index (χ4n) is 1.14. The van der Waals surface area contributed by atoms with E-state index < -0.39 is 22.7 Å². The molecule has 1 rings (SSSR count). The Morgan fingerprint density at radius 2 is 2.00 bits per heavy atom. The van der Waals surface area contributed by atoms with Gasteiger partial charge in [-0.1, -0.05) is 6.07 Å². The highest BCUT2D eigenvalue weighted by atomic mass is 32.2. The van der Waals surface area contributed by atoms with Crippen molar-refractivity contribution in [3.05, 3.63) is 24.3 Å². The fraction of sp³-hybridized carbons (Fsp3) is 0.400. The number of anilines is 1. The molecule has 0 aromatic heterocycles. The zero-order valence-corrected chi connectivity index (χ0v) is 11.4. The molecule has 108 valence electrons. The van der Waals surface area contributed by atoms with Crippen molar-refractivity contribution in [1.29, 1.82) is 0 Å². The molecule has 3 N–H and O–H groups in total. The molecule has 4 nitrogen and oxygen atoms in total. The Labute approximate surface area is 113 Å². The monoisotopic (exact) mass is 314 g/mol. The van der Waals surface area contributed by atoms with Crippen LogP contribution in [0.4, 0.5) is 18.9 Å². The Kier molecular flexibility index (Phi) is 5.50. The minimum absolute atomic E-state index is 0.149. The smallest absolute Gasteiger partial charge is 0.399 e. The van der Waals surface area contributed by atoms with Gasteiger partial charge in [0, 0.05) is 16.3 Å². The van der Waals surface area contributed by atoms with Crippen LogP contribution in [0.1, 0.15) is 0 Å². The van der Waals surface area contributed by atoms with Crippen LogP contribution in [0.3, 0.4) is 0 Å². The number of alkyl halides is 3. The molecule has 0 unspecified atom stereocenters. The summed E-state index contributed by atoms with van der Waals surface area (Å²) in [5.74, 6) is -0.237. The summed E-state index contributed by atoms with van der Waals surface area (Å²) >= 11 is 1.21. The standard InChI is InChI=1S/C10H13F3N2O2S2/c11-10(12,13)7-15-19(16,17)5-4-18-9-3-1-2-8(14)6-9/h1-3,6,15H,4-5,7,14H2. The first-order valence-corrected chi connectivity index (χ1v) is 7.84. The van der Waals surface area contributed by atoms with E-state index in [-0.39, 0.29) is 11.5 Å². The summed E-state index contributed by atoms with van der Waals surface area (Å²) in [6.45, 7) is -1.54. The number of nitrogens with one attached hydrogen (secondary N) is 1. The van der Waals surface area contributed by atoms with Crippen LogP contribution in [-0.2, 0) is 10.0 Å². The summed E-state index contributed by atoms with van der Waals surface area (Å²) in [6, 6.07) is 6.82. The zero-order valence-electron chi connectivity index (χ0n) is 9.77. The Balaban J connectivity index is 2.40. The molecule has 1 aromatic carbocycles. The normalized spacial score (nSPS) is 12.6. The molecular formula is C10H13F3N2O2S2. The van der Waals surface area contributed by atoms with E-state index in [2.05, 4.69) is 0 Å². The average Bonchev–Trinajstić information content (AvgIpc) is 2.26. The second kappa shape index (κ2) is 6.49. The van der Waals surface area contributed by atoms with Crippen LogP contribution in [0, 0.1) is 0 Å². The summed E-state index contributed by atoms with van der Waals surface area (Å²) in [5.41, 5.74) is 6.09. The van der Waals surface area contributed by atoms with E-state index in [1.807, 2.05) is 0 Å². The SMILES string of the molecule is Nc1cccc(SCCS(=O)(=O)NCC(F)(F)F)c1. The predicted octanol–water partition coefficient (Wildman–Crippen LogP) is 1.84. The first-order chi connectivity index (χ1) is 8.68. The van der Waals surface area contributed by atoms with Gasteiger partial charge in [-0.15, -0.1) is 11.8 Å². The lowest BCUT2D eigenvalue weighted by Crippen LogP contribution is -2.35. The Morgan fingerprint density at radius 3 is 2.58 bits per heavy atom. The molecule has 19 heavy (non-hydrogen) atoms. The zero-order chi connectivity index (χ0) is 14.5. The Hall–Kier alpha value is -0.930. The van der Waals surface area contributed by atoms with E-state index in [0.717, 1.165) is 4.90 Å². The van der Waals surface area contributed by atoms with Crippen molar-refractivity contribution in [2.75, 3.05) is 23.8 Å². The fourth-order valence-corrected chi connectivity index (χ4v) is 3.51. The number of hydrogen-bond donors (Lipinski definition) is 2. The van der Waals surface area contributed by atoms with Crippen LogP contribution in [0.2, 0.25) is 0 Å². The van der Waals surface area contributed by atoms with Crippen LogP contribution in [0.25, 0.3) is 0 Å². The average molecular weight is 314 g/mol. The highest BCUT2D eigenvalue weighted by Crippen LogP contribution is 2.20. The molecule has 0 spiro atoms. The number of sulfonamides is 1. The summed E-state index contributed by atoms with van der Waals surface area (Å²) < 4.78 is 59.7. The molecule has 0 atom stereocenters. The van der Waals surface area contributed by atoms with Crippen LogP contribution < -0.4 is 10.5 Å². The van der Waals surface area contributed by atoms with Crippen molar-refractivity contribution in [2.24, 2.45) is 0 Å². The van der Waals surface area contributed by atoms with Crippen LogP contribution in [0.5, 0.6) is 0 Å². The molecule has 9 heteroatoms. The van der Waals surface area contributed by atoms with E-state index in [1.165, 1.54) is 16.5 Å². The van der Waals surface area contributed by atoms with E-state index in [0.29, 0.717) is 5.69 Å². The van der Waals surface area contributed by atoms with E-state index >= 15 is 0 Å². The van der Waals surface area contributed by atoms with Gasteiger partial charge in [0.2, 0.25) is 10.0 Å². The van der Waals surface area contributed by atoms with Crippen molar-refractivity contribution in [3.8, 4) is 0 Å². The third-order valence-corrected chi connectivity index (χ3v) is 4.55. The number of nitrogen functional groups attached to an aromatic ring is 1. The highest BCUT2D eigenvalue weighted by molar-refractivity contribution is 8.00. The number of halogens is 3. The van der Waals surface area contributed by atoms with Gasteiger partial charge in [-0.05, 0) is 18.2 Å². The quantitative estimate of drug-likeness (QED) is 0.621. The van der Waals surface area contributed by atoms with Crippen LogP contribution >= 0.6 is 11.8 Å². The summed E-state index contributed by atoms with van der Waals surface area (Å²) in [5, 5.41) is 0. The molecule has 0 bridgehead atoms. The van der Waals surface area contributed by atoms with Gasteiger partial charge in [-0.3, -0.25) is 0 Å². The lowest BCUT2D eigenvalue weighted by molar-refractivity contribution is -0.121. The minimum Gasteiger partial charge on any atom is -0.399 e. The number of nitrogens with two attached hydrogens (primary N) is 1. The van der Waals surface area contributed by atoms with Gasteiger partial charge in [0.05, 0.1) is 5.75 Å². The van der Waals surface area contributed by atoms with E-state index in [1.54, 1.807) is 24.3 Å². The molecule has 0 aliphatic heterocycles. The molecule has 0 radical (unpaired) electrons. The van der Waals surface area contributed by atoms with Gasteiger partial charge in [0.25, 0.3) is 0 Å². The maximum Gasteiger partial charge on any atom is 0.402 e. The summed E-state index contributed by atoms with van der Waals surface area (Å²) in [7, 11) is -3.92. The van der Waals surface area contributed by atoms with Crippen molar-refractivity contribution < 1.29 is 21.6 Å². The summed E-state index contributed by atoms with van der Waals surface area (Å²) in [6.07, 6.45) is -4.55. The molecule has 0 aliphatic carbocycles. The topological polar surface area (TPSA) is 72.2 Å². The van der Waals surface area contributed by atoms with E-state index in [9.17, 15) is 21.6 Å². The number of benzene rings is 1. The molecule has 0 saturated carbocycles. The van der Waals surface area contributed by atoms with Gasteiger partial charge in [-0.2, -0.15) is 13.2 Å². The molecule has 0 heterocycles. The van der Waals surface area contributed by atoms with Crippen molar-refractivity contribution in [2.45, 2.75) is 11.1 Å². The van der Waals surface area contributed by atoms with Gasteiger partial charge in [0.15, 0.2) is 0 Å². The minimum atomic E-state index is -4.55. The maximum atomic E-state index is 11.9. The van der Waals surface area contributed by atoms with Crippen molar-refractivity contribution in [3.63, 3.8) is 0 Å². The molecule has 0 saturated heterocycles. The Bertz CT molecular complexity index is 518. The number of hydrogen-bond acceptors (Lipinski definition) is 4. The third kappa shape index (κ3) is 7.28. The van der Waals surface area contributed by atoms with Gasteiger partial charge >= 0.3 is 6.18 Å². The third-order valence-electron chi connectivity index (χ3n) is 1.97. The Morgan fingerprint density at radius 1 is 1.32 bits per heavy atom. The largest absolute Gasteiger partial charge is 0.402 e. The number of rotatable bonds is 6. The first kappa shape index (κ1) is 16.1. The van der Waals surface area contributed by atoms with E-state index in [4.69, 9.17) is 5.73 Å². The molecule has 0 amide bonds. The maximum absolute atomic E-state index is 11.9. The van der Waals surface area contributed by atoms with Crippen LogP contribution in [-0.4, -0.2) is 32.6 Å². The van der Waals surface area contributed by atoms with Gasteiger partial charge in [0.1, 0.15) is 6.54 Å². The van der Waals surface area contributed by atoms with Crippen molar-refractivity contribution >= 4 is 27.5 Å². The molecule has 0 aliphatic rings. The predicted molar refractivity (Wildman–Crippen MR) is 69.4 cm³/mol. The first-order valence-electron chi connectivity index (χ1n) is 5.20. The lowest BCUT2D eigenvalue weighted by atomic mass is 10.3. The second-order valence-corrected chi connectivity index (χ2v) is 6.77. The van der Waals surface area contributed by atoms with Gasteiger partial charge in [-0.25, -0.2) is 13.1 Å².